The molecule has 0 heterocycles. The van der Waals surface area contributed by atoms with Gasteiger partial charge in [-0.15, -0.1) is 0 Å². The van der Waals surface area contributed by atoms with E-state index in [4.69, 9.17) is 16.7 Å². The van der Waals surface area contributed by atoms with Crippen LogP contribution < -0.4 is 0 Å². The van der Waals surface area contributed by atoms with Gasteiger partial charge in [0, 0.05) is 5.02 Å². The molecule has 0 fully saturated rings. The van der Waals surface area contributed by atoms with Gasteiger partial charge < -0.3 is 5.11 Å². The highest BCUT2D eigenvalue weighted by Gasteiger charge is 2.20. The maximum atomic E-state index is 12.3. The third-order valence-electron chi connectivity index (χ3n) is 1.80. The predicted octanol–water partition coefficient (Wildman–Crippen LogP) is 2.68. The first-order valence-electron chi connectivity index (χ1n) is 3.79. The fourth-order valence-electron chi connectivity index (χ4n) is 1.04. The number of aliphatic hydroxyl groups is 1. The lowest BCUT2D eigenvalue weighted by molar-refractivity contribution is 0.0811. The Hall–Kier alpha value is -0.670. The first kappa shape index (κ1) is 10.4. The van der Waals surface area contributed by atoms with Gasteiger partial charge in [-0.05, 0) is 17.7 Å². The average molecular weight is 207 g/mol. The van der Waals surface area contributed by atoms with Crippen molar-refractivity contribution in [2.75, 3.05) is 6.61 Å². The summed E-state index contributed by atoms with van der Waals surface area (Å²) in [7, 11) is 0. The maximum Gasteiger partial charge on any atom is 0.247 e. The van der Waals surface area contributed by atoms with Crippen molar-refractivity contribution in [1.29, 1.82) is 0 Å². The summed E-state index contributed by atoms with van der Waals surface area (Å²) in [6, 6.07) is 6.05. The molecular formula is C9H9ClF2O. The Morgan fingerprint density at radius 3 is 2.15 bits per heavy atom. The molecule has 0 radical (unpaired) electrons. The normalized spacial score (nSPS) is 13.3. The molecule has 0 spiro atoms. The smallest absolute Gasteiger partial charge is 0.247 e. The van der Waals surface area contributed by atoms with Crippen LogP contribution in [0.4, 0.5) is 8.78 Å². The first-order chi connectivity index (χ1) is 6.15. The second-order valence-electron chi connectivity index (χ2n) is 2.68. The van der Waals surface area contributed by atoms with Gasteiger partial charge in [0.15, 0.2) is 0 Å². The molecule has 0 amide bonds. The zero-order valence-electron chi connectivity index (χ0n) is 6.75. The maximum absolute atomic E-state index is 12.3. The predicted molar refractivity (Wildman–Crippen MR) is 47.3 cm³/mol. The van der Waals surface area contributed by atoms with Gasteiger partial charge >= 0.3 is 0 Å². The minimum atomic E-state index is -2.55. The highest BCUT2D eigenvalue weighted by molar-refractivity contribution is 6.30. The van der Waals surface area contributed by atoms with E-state index in [9.17, 15) is 8.78 Å². The highest BCUT2D eigenvalue weighted by Crippen LogP contribution is 2.23. The number of halogens is 3. The van der Waals surface area contributed by atoms with Crippen molar-refractivity contribution in [3.8, 4) is 0 Å². The van der Waals surface area contributed by atoms with E-state index in [0.717, 1.165) is 0 Å². The number of alkyl halides is 2. The van der Waals surface area contributed by atoms with E-state index < -0.39 is 19.0 Å². The third kappa shape index (κ3) is 2.64. The number of hydrogen-bond donors (Lipinski definition) is 1. The summed E-state index contributed by atoms with van der Waals surface area (Å²) in [5.41, 5.74) is 0.405. The Morgan fingerprint density at radius 2 is 1.77 bits per heavy atom. The van der Waals surface area contributed by atoms with Gasteiger partial charge in [0.25, 0.3) is 0 Å². The van der Waals surface area contributed by atoms with Gasteiger partial charge in [-0.25, -0.2) is 8.78 Å². The summed E-state index contributed by atoms with van der Waals surface area (Å²) in [5.74, 6) is -1.11. The molecule has 1 atom stereocenters. The molecule has 0 saturated heterocycles. The second kappa shape index (κ2) is 4.53. The highest BCUT2D eigenvalue weighted by atomic mass is 35.5. The zero-order chi connectivity index (χ0) is 9.84. The van der Waals surface area contributed by atoms with E-state index in [2.05, 4.69) is 0 Å². The minimum absolute atomic E-state index is 0.405. The summed E-state index contributed by atoms with van der Waals surface area (Å²) in [6.45, 7) is -0.556. The van der Waals surface area contributed by atoms with Gasteiger partial charge in [0.2, 0.25) is 6.43 Å². The van der Waals surface area contributed by atoms with Crippen LogP contribution in [0.25, 0.3) is 0 Å². The van der Waals surface area contributed by atoms with E-state index in [1.54, 1.807) is 0 Å². The molecule has 0 saturated carbocycles. The van der Waals surface area contributed by atoms with Crippen LogP contribution in [-0.4, -0.2) is 18.1 Å². The Kier molecular flexibility index (Phi) is 3.63. The lowest BCUT2D eigenvalue weighted by Crippen LogP contribution is -2.13. The zero-order valence-corrected chi connectivity index (χ0v) is 7.51. The molecule has 0 aliphatic rings. The lowest BCUT2D eigenvalue weighted by Gasteiger charge is -2.12. The number of benzene rings is 1. The first-order valence-corrected chi connectivity index (χ1v) is 4.17. The van der Waals surface area contributed by atoms with Gasteiger partial charge in [-0.1, -0.05) is 23.7 Å². The van der Waals surface area contributed by atoms with Crippen LogP contribution in [-0.2, 0) is 0 Å². The molecule has 0 aliphatic heterocycles. The van der Waals surface area contributed by atoms with E-state index in [1.807, 2.05) is 0 Å². The molecule has 72 valence electrons. The van der Waals surface area contributed by atoms with Crippen LogP contribution in [0.15, 0.2) is 24.3 Å². The SMILES string of the molecule is OCC(c1ccc(Cl)cc1)C(F)F. The van der Waals surface area contributed by atoms with E-state index in [-0.39, 0.29) is 0 Å². The molecule has 1 rings (SSSR count). The Labute approximate surface area is 80.0 Å². The second-order valence-corrected chi connectivity index (χ2v) is 3.11. The molecule has 4 heteroatoms. The molecular weight excluding hydrogens is 198 g/mol. The fourth-order valence-corrected chi connectivity index (χ4v) is 1.17. The molecule has 1 aromatic carbocycles. The van der Waals surface area contributed by atoms with E-state index >= 15 is 0 Å². The molecule has 0 aliphatic carbocycles. The van der Waals surface area contributed by atoms with Crippen molar-refractivity contribution in [2.24, 2.45) is 0 Å². The molecule has 1 unspecified atom stereocenters. The van der Waals surface area contributed by atoms with E-state index in [1.165, 1.54) is 24.3 Å². The van der Waals surface area contributed by atoms with Gasteiger partial charge in [0.05, 0.1) is 12.5 Å². The number of rotatable bonds is 3. The van der Waals surface area contributed by atoms with E-state index in [0.29, 0.717) is 10.6 Å². The minimum Gasteiger partial charge on any atom is -0.396 e. The van der Waals surface area contributed by atoms with Crippen molar-refractivity contribution in [1.82, 2.24) is 0 Å². The molecule has 13 heavy (non-hydrogen) atoms. The van der Waals surface area contributed by atoms with Crippen LogP contribution in [0, 0.1) is 0 Å². The van der Waals surface area contributed by atoms with Crippen molar-refractivity contribution in [3.05, 3.63) is 34.9 Å². The average Bonchev–Trinajstić information content (AvgIpc) is 2.09. The van der Waals surface area contributed by atoms with Crippen LogP contribution >= 0.6 is 11.6 Å². The Bertz CT molecular complexity index is 261. The van der Waals surface area contributed by atoms with Crippen molar-refractivity contribution >= 4 is 11.6 Å². The Morgan fingerprint density at radius 1 is 1.23 bits per heavy atom. The van der Waals surface area contributed by atoms with Gasteiger partial charge in [0.1, 0.15) is 0 Å². The topological polar surface area (TPSA) is 20.2 Å². The van der Waals surface area contributed by atoms with Crippen LogP contribution in [0.3, 0.4) is 0 Å². The van der Waals surface area contributed by atoms with Crippen molar-refractivity contribution in [3.63, 3.8) is 0 Å². The molecule has 1 nitrogen and oxygen atoms in total. The molecule has 0 bridgehead atoms. The summed E-state index contributed by atoms with van der Waals surface area (Å²) in [4.78, 5) is 0. The summed E-state index contributed by atoms with van der Waals surface area (Å²) >= 11 is 5.59. The number of hydrogen-bond acceptors (Lipinski definition) is 1. The quantitative estimate of drug-likeness (QED) is 0.806. The largest absolute Gasteiger partial charge is 0.396 e. The summed E-state index contributed by atoms with van der Waals surface area (Å²) in [5, 5.41) is 9.20. The Balaban J connectivity index is 2.86. The third-order valence-corrected chi connectivity index (χ3v) is 2.05. The van der Waals surface area contributed by atoms with Gasteiger partial charge in [-0.2, -0.15) is 0 Å². The van der Waals surface area contributed by atoms with Crippen molar-refractivity contribution < 1.29 is 13.9 Å². The van der Waals surface area contributed by atoms with Crippen LogP contribution in [0.1, 0.15) is 11.5 Å². The number of aliphatic hydroxyl groups excluding tert-OH is 1. The van der Waals surface area contributed by atoms with Crippen LogP contribution in [0.2, 0.25) is 5.02 Å². The summed E-state index contributed by atoms with van der Waals surface area (Å²) in [6.07, 6.45) is -2.55. The fraction of sp³-hybridized carbons (Fsp3) is 0.333. The monoisotopic (exact) mass is 206 g/mol. The summed E-state index contributed by atoms with van der Waals surface area (Å²) < 4.78 is 24.6. The lowest BCUT2D eigenvalue weighted by atomic mass is 10.0. The van der Waals surface area contributed by atoms with Crippen LogP contribution in [0.5, 0.6) is 0 Å². The standard InChI is InChI=1S/C9H9ClF2O/c10-7-3-1-6(2-4-7)8(5-13)9(11)12/h1-4,8-9,13H,5H2. The van der Waals surface area contributed by atoms with Crippen molar-refractivity contribution in [2.45, 2.75) is 12.3 Å². The molecule has 1 N–H and O–H groups in total. The molecule has 0 aromatic heterocycles. The van der Waals surface area contributed by atoms with Gasteiger partial charge in [-0.3, -0.25) is 0 Å². The molecule has 1 aromatic rings.